The first kappa shape index (κ1) is 9.26. The fourth-order valence-corrected chi connectivity index (χ4v) is 1.09. The summed E-state index contributed by atoms with van der Waals surface area (Å²) in [4.78, 5) is 13.0. The second-order valence-corrected chi connectivity index (χ2v) is 2.81. The first-order valence-electron chi connectivity index (χ1n) is 4.36. The maximum absolute atomic E-state index is 10.7. The molecule has 1 heterocycles. The normalized spacial score (nSPS) is 16.8. The first-order valence-corrected chi connectivity index (χ1v) is 4.36. The molecular weight excluding hydrogens is 154 g/mol. The highest BCUT2D eigenvalue weighted by atomic mass is 16.5. The maximum atomic E-state index is 10.7. The Morgan fingerprint density at radius 1 is 1.50 bits per heavy atom. The van der Waals surface area contributed by atoms with Crippen LogP contribution in [0.25, 0.3) is 0 Å². The Kier molecular flexibility index (Phi) is 3.80. The fourth-order valence-electron chi connectivity index (χ4n) is 1.09. The molecule has 0 aromatic heterocycles. The van der Waals surface area contributed by atoms with Gasteiger partial charge in [-0.15, -0.1) is 0 Å². The maximum Gasteiger partial charge on any atom is 0.305 e. The zero-order valence-corrected chi connectivity index (χ0v) is 7.45. The molecule has 0 aromatic carbocycles. The second-order valence-electron chi connectivity index (χ2n) is 2.81. The number of esters is 1. The van der Waals surface area contributed by atoms with Crippen molar-refractivity contribution >= 4 is 5.97 Å². The molecule has 12 heavy (non-hydrogen) atoms. The van der Waals surface area contributed by atoms with E-state index in [1.807, 2.05) is 0 Å². The molecule has 0 fully saturated rings. The minimum atomic E-state index is -0.109. The van der Waals surface area contributed by atoms with E-state index in [9.17, 15) is 4.79 Å². The molecule has 0 unspecified atom stereocenters. The van der Waals surface area contributed by atoms with Crippen LogP contribution in [0.5, 0.6) is 0 Å². The summed E-state index contributed by atoms with van der Waals surface area (Å²) in [6.45, 7) is 5.15. The average molecular weight is 169 g/mol. The number of hydrogen-bond acceptors (Lipinski definition) is 3. The van der Waals surface area contributed by atoms with E-state index in [-0.39, 0.29) is 5.97 Å². The van der Waals surface area contributed by atoms with Crippen molar-refractivity contribution in [1.82, 2.24) is 4.90 Å². The van der Waals surface area contributed by atoms with E-state index < -0.39 is 0 Å². The summed E-state index contributed by atoms with van der Waals surface area (Å²) in [5.74, 6) is -0.109. The molecular formula is C9H15NO2. The average Bonchev–Trinajstić information content (AvgIpc) is 2.57. The van der Waals surface area contributed by atoms with E-state index in [1.165, 1.54) is 0 Å². The van der Waals surface area contributed by atoms with Crippen LogP contribution in [0.1, 0.15) is 13.3 Å². The van der Waals surface area contributed by atoms with Gasteiger partial charge >= 0.3 is 5.97 Å². The molecule has 0 radical (unpaired) electrons. The molecule has 68 valence electrons. The van der Waals surface area contributed by atoms with Crippen LogP contribution in [0.3, 0.4) is 0 Å². The predicted molar refractivity (Wildman–Crippen MR) is 46.8 cm³/mol. The van der Waals surface area contributed by atoms with Crippen LogP contribution in [0.4, 0.5) is 0 Å². The first-order chi connectivity index (χ1) is 5.83. The van der Waals surface area contributed by atoms with Crippen molar-refractivity contribution in [3.63, 3.8) is 0 Å². The lowest BCUT2D eigenvalue weighted by atomic mass is 10.5. The van der Waals surface area contributed by atoms with Gasteiger partial charge in [-0.3, -0.25) is 9.69 Å². The van der Waals surface area contributed by atoms with Gasteiger partial charge in [0.2, 0.25) is 0 Å². The lowest BCUT2D eigenvalue weighted by Crippen LogP contribution is -2.25. The van der Waals surface area contributed by atoms with Gasteiger partial charge in [0, 0.05) is 26.1 Å². The fraction of sp³-hybridized carbons (Fsp3) is 0.667. The van der Waals surface area contributed by atoms with Crippen LogP contribution < -0.4 is 0 Å². The summed E-state index contributed by atoms with van der Waals surface area (Å²) in [5, 5.41) is 0. The van der Waals surface area contributed by atoms with Gasteiger partial charge in [-0.25, -0.2) is 0 Å². The van der Waals surface area contributed by atoms with Gasteiger partial charge in [0.25, 0.3) is 0 Å². The molecule has 0 saturated carbocycles. The highest BCUT2D eigenvalue weighted by molar-refractivity contribution is 5.68. The molecule has 0 atom stereocenters. The molecule has 0 amide bonds. The van der Waals surface area contributed by atoms with Crippen LogP contribution >= 0.6 is 0 Å². The van der Waals surface area contributed by atoms with Crippen molar-refractivity contribution in [1.29, 1.82) is 0 Å². The number of ether oxygens (including phenoxy) is 1. The van der Waals surface area contributed by atoms with Crippen molar-refractivity contribution < 1.29 is 9.53 Å². The van der Waals surface area contributed by atoms with Gasteiger partial charge in [-0.1, -0.05) is 19.1 Å². The monoisotopic (exact) mass is 169 g/mol. The zero-order chi connectivity index (χ0) is 8.81. The highest BCUT2D eigenvalue weighted by Gasteiger charge is 2.06. The Morgan fingerprint density at radius 3 is 2.75 bits per heavy atom. The summed E-state index contributed by atoms with van der Waals surface area (Å²) in [5.41, 5.74) is 0. The summed E-state index contributed by atoms with van der Waals surface area (Å²) >= 11 is 0. The minimum Gasteiger partial charge on any atom is -0.464 e. The predicted octanol–water partition coefficient (Wildman–Crippen LogP) is 0.811. The Hall–Kier alpha value is -0.830. The van der Waals surface area contributed by atoms with Crippen LogP contribution in [-0.2, 0) is 9.53 Å². The molecule has 0 saturated heterocycles. The number of hydrogen-bond donors (Lipinski definition) is 0. The van der Waals surface area contributed by atoms with E-state index in [4.69, 9.17) is 4.74 Å². The van der Waals surface area contributed by atoms with E-state index >= 15 is 0 Å². The van der Waals surface area contributed by atoms with Crippen molar-refractivity contribution in [2.75, 3.05) is 26.2 Å². The van der Waals surface area contributed by atoms with Gasteiger partial charge in [-0.2, -0.15) is 0 Å². The Morgan fingerprint density at radius 2 is 2.17 bits per heavy atom. The standard InChI is InChI=1S/C9H15NO2/c1-2-9(11)12-8-7-10-5-3-4-6-10/h3-4H,2,5-8H2,1H3. The lowest BCUT2D eigenvalue weighted by Gasteiger charge is -2.13. The topological polar surface area (TPSA) is 29.5 Å². The van der Waals surface area contributed by atoms with Gasteiger partial charge in [0.05, 0.1) is 0 Å². The van der Waals surface area contributed by atoms with Crippen molar-refractivity contribution in [3.05, 3.63) is 12.2 Å². The lowest BCUT2D eigenvalue weighted by molar-refractivity contribution is -0.143. The smallest absolute Gasteiger partial charge is 0.305 e. The molecule has 0 aliphatic carbocycles. The summed E-state index contributed by atoms with van der Waals surface area (Å²) in [6.07, 6.45) is 4.72. The molecule has 1 rings (SSSR count). The van der Waals surface area contributed by atoms with Gasteiger partial charge in [-0.05, 0) is 0 Å². The molecule has 3 heteroatoms. The van der Waals surface area contributed by atoms with E-state index in [1.54, 1.807) is 6.92 Å². The van der Waals surface area contributed by atoms with Gasteiger partial charge in [0.1, 0.15) is 6.61 Å². The second kappa shape index (κ2) is 4.93. The van der Waals surface area contributed by atoms with E-state index in [0.717, 1.165) is 19.6 Å². The summed E-state index contributed by atoms with van der Waals surface area (Å²) in [6, 6.07) is 0. The third-order valence-electron chi connectivity index (χ3n) is 1.85. The molecule has 0 aromatic rings. The minimum absolute atomic E-state index is 0.109. The molecule has 3 nitrogen and oxygen atoms in total. The van der Waals surface area contributed by atoms with Gasteiger partial charge < -0.3 is 4.74 Å². The van der Waals surface area contributed by atoms with E-state index in [2.05, 4.69) is 17.1 Å². The van der Waals surface area contributed by atoms with Crippen molar-refractivity contribution in [2.45, 2.75) is 13.3 Å². The Balaban J connectivity index is 1.99. The van der Waals surface area contributed by atoms with Crippen LogP contribution in [0, 0.1) is 0 Å². The number of carbonyl (C=O) groups excluding carboxylic acids is 1. The third-order valence-corrected chi connectivity index (χ3v) is 1.85. The number of carbonyl (C=O) groups is 1. The Labute approximate surface area is 73.0 Å². The molecule has 0 bridgehead atoms. The quantitative estimate of drug-likeness (QED) is 0.461. The number of rotatable bonds is 4. The highest BCUT2D eigenvalue weighted by Crippen LogP contribution is 1.97. The van der Waals surface area contributed by atoms with Crippen molar-refractivity contribution in [2.24, 2.45) is 0 Å². The molecule has 1 aliphatic rings. The largest absolute Gasteiger partial charge is 0.464 e. The van der Waals surface area contributed by atoms with Crippen LogP contribution in [0.2, 0.25) is 0 Å². The number of nitrogens with zero attached hydrogens (tertiary/aromatic N) is 1. The van der Waals surface area contributed by atoms with E-state index in [0.29, 0.717) is 13.0 Å². The SMILES string of the molecule is CCC(=O)OCCN1CC=CC1. The van der Waals surface area contributed by atoms with Crippen molar-refractivity contribution in [3.8, 4) is 0 Å². The van der Waals surface area contributed by atoms with Crippen LogP contribution in [0.15, 0.2) is 12.2 Å². The Bertz CT molecular complexity index is 169. The zero-order valence-electron chi connectivity index (χ0n) is 7.45. The summed E-state index contributed by atoms with van der Waals surface area (Å²) in [7, 11) is 0. The third kappa shape index (κ3) is 3.05. The molecule has 1 aliphatic heterocycles. The van der Waals surface area contributed by atoms with Crippen LogP contribution in [-0.4, -0.2) is 37.1 Å². The molecule has 0 spiro atoms. The molecule has 0 N–H and O–H groups in total. The summed E-state index contributed by atoms with van der Waals surface area (Å²) < 4.78 is 4.94. The van der Waals surface area contributed by atoms with Gasteiger partial charge in [0.15, 0.2) is 0 Å².